The van der Waals surface area contributed by atoms with Crippen LogP contribution in [0.5, 0.6) is 0 Å². The number of para-hydroxylation sites is 1. The molecular formula is C21H26N4O2S. The second-order valence-corrected chi connectivity index (χ2v) is 7.99. The van der Waals surface area contributed by atoms with Crippen molar-refractivity contribution in [2.24, 2.45) is 5.92 Å². The highest BCUT2D eigenvalue weighted by Crippen LogP contribution is 2.28. The van der Waals surface area contributed by atoms with E-state index in [-0.39, 0.29) is 11.7 Å². The molecule has 0 unspecified atom stereocenters. The number of nitrogens with zero attached hydrogens (tertiary/aromatic N) is 3. The molecule has 0 bridgehead atoms. The lowest BCUT2D eigenvalue weighted by molar-refractivity contribution is -0.113. The van der Waals surface area contributed by atoms with Gasteiger partial charge >= 0.3 is 0 Å². The first-order valence-electron chi connectivity index (χ1n) is 9.47. The number of nitrogens with one attached hydrogen (secondary N) is 1. The van der Waals surface area contributed by atoms with Gasteiger partial charge in [-0.1, -0.05) is 50.7 Å². The first-order valence-corrected chi connectivity index (χ1v) is 10.5. The lowest BCUT2D eigenvalue weighted by atomic mass is 10.1. The van der Waals surface area contributed by atoms with Gasteiger partial charge in [0.2, 0.25) is 5.91 Å². The van der Waals surface area contributed by atoms with Crippen LogP contribution in [0.25, 0.3) is 11.4 Å². The highest BCUT2D eigenvalue weighted by atomic mass is 32.2. The average Bonchev–Trinajstić information content (AvgIpc) is 3.25. The quantitative estimate of drug-likeness (QED) is 0.552. The molecule has 0 fully saturated rings. The zero-order valence-electron chi connectivity index (χ0n) is 16.7. The van der Waals surface area contributed by atoms with Gasteiger partial charge < -0.3 is 14.3 Å². The van der Waals surface area contributed by atoms with E-state index in [1.54, 1.807) is 6.26 Å². The normalized spacial score (nSPS) is 11.2. The van der Waals surface area contributed by atoms with Gasteiger partial charge in [0.05, 0.1) is 17.6 Å². The van der Waals surface area contributed by atoms with Gasteiger partial charge in [-0.2, -0.15) is 0 Å². The molecule has 0 saturated heterocycles. The van der Waals surface area contributed by atoms with Crippen LogP contribution in [0.15, 0.2) is 46.2 Å². The van der Waals surface area contributed by atoms with E-state index in [4.69, 9.17) is 4.42 Å². The van der Waals surface area contributed by atoms with Crippen LogP contribution in [0.4, 0.5) is 5.69 Å². The van der Waals surface area contributed by atoms with Crippen molar-refractivity contribution in [1.82, 2.24) is 14.8 Å². The summed E-state index contributed by atoms with van der Waals surface area (Å²) in [6.07, 6.45) is 2.53. The van der Waals surface area contributed by atoms with Crippen molar-refractivity contribution in [2.45, 2.75) is 45.8 Å². The van der Waals surface area contributed by atoms with Crippen molar-refractivity contribution in [3.8, 4) is 11.4 Å². The van der Waals surface area contributed by atoms with Gasteiger partial charge in [-0.25, -0.2) is 0 Å². The van der Waals surface area contributed by atoms with Crippen molar-refractivity contribution < 1.29 is 9.21 Å². The van der Waals surface area contributed by atoms with Gasteiger partial charge in [-0.3, -0.25) is 4.79 Å². The SMILES string of the molecule is CCc1ccccc1NC(=O)CSc1nnc(-c2ccoc2C)n1CC(C)C. The van der Waals surface area contributed by atoms with Crippen LogP contribution >= 0.6 is 11.8 Å². The van der Waals surface area contributed by atoms with Gasteiger partial charge in [-0.15, -0.1) is 10.2 Å². The van der Waals surface area contributed by atoms with Crippen LogP contribution in [-0.2, 0) is 17.8 Å². The number of furan rings is 1. The Morgan fingerprint density at radius 1 is 1.25 bits per heavy atom. The Hall–Kier alpha value is -2.54. The number of aryl methyl sites for hydroxylation is 2. The molecule has 0 atom stereocenters. The molecule has 1 aromatic carbocycles. The summed E-state index contributed by atoms with van der Waals surface area (Å²) in [4.78, 5) is 12.5. The smallest absolute Gasteiger partial charge is 0.234 e. The van der Waals surface area contributed by atoms with Gasteiger partial charge in [0.1, 0.15) is 5.76 Å². The van der Waals surface area contributed by atoms with E-state index in [2.05, 4.69) is 40.9 Å². The molecule has 28 heavy (non-hydrogen) atoms. The molecule has 6 nitrogen and oxygen atoms in total. The molecular weight excluding hydrogens is 372 g/mol. The second-order valence-electron chi connectivity index (χ2n) is 7.05. The van der Waals surface area contributed by atoms with Gasteiger partial charge in [0.15, 0.2) is 11.0 Å². The molecule has 0 radical (unpaired) electrons. The minimum atomic E-state index is -0.0500. The van der Waals surface area contributed by atoms with Crippen molar-refractivity contribution in [2.75, 3.05) is 11.1 Å². The highest BCUT2D eigenvalue weighted by molar-refractivity contribution is 7.99. The average molecular weight is 399 g/mol. The topological polar surface area (TPSA) is 73.0 Å². The molecule has 0 aliphatic carbocycles. The Morgan fingerprint density at radius 3 is 2.71 bits per heavy atom. The minimum Gasteiger partial charge on any atom is -0.469 e. The number of hydrogen-bond donors (Lipinski definition) is 1. The molecule has 3 rings (SSSR count). The third kappa shape index (κ3) is 4.65. The van der Waals surface area contributed by atoms with Crippen molar-refractivity contribution >= 4 is 23.4 Å². The zero-order chi connectivity index (χ0) is 20.1. The number of rotatable bonds is 8. The summed E-state index contributed by atoms with van der Waals surface area (Å²) in [5.74, 6) is 2.23. The maximum absolute atomic E-state index is 12.5. The molecule has 7 heteroatoms. The summed E-state index contributed by atoms with van der Waals surface area (Å²) >= 11 is 1.40. The van der Waals surface area contributed by atoms with E-state index >= 15 is 0 Å². The Kier molecular flexibility index (Phi) is 6.57. The van der Waals surface area contributed by atoms with Gasteiger partial charge in [-0.05, 0) is 37.0 Å². The Balaban J connectivity index is 1.74. The summed E-state index contributed by atoms with van der Waals surface area (Å²) in [5.41, 5.74) is 2.93. The fraction of sp³-hybridized carbons (Fsp3) is 0.381. The lowest BCUT2D eigenvalue weighted by Crippen LogP contribution is -2.16. The number of hydrogen-bond acceptors (Lipinski definition) is 5. The van der Waals surface area contributed by atoms with E-state index in [9.17, 15) is 4.79 Å². The second kappa shape index (κ2) is 9.10. The van der Waals surface area contributed by atoms with Crippen LogP contribution in [0.3, 0.4) is 0 Å². The Labute approximate surface area is 169 Å². The third-order valence-corrected chi connectivity index (χ3v) is 5.34. The number of carbonyl (C=O) groups is 1. The van der Waals surface area contributed by atoms with Crippen LogP contribution in [0, 0.1) is 12.8 Å². The summed E-state index contributed by atoms with van der Waals surface area (Å²) in [6, 6.07) is 9.78. The van der Waals surface area contributed by atoms with Gasteiger partial charge in [0.25, 0.3) is 0 Å². The fourth-order valence-electron chi connectivity index (χ4n) is 3.01. The van der Waals surface area contributed by atoms with Gasteiger partial charge in [0, 0.05) is 12.2 Å². The first kappa shape index (κ1) is 20.2. The Bertz CT molecular complexity index is 946. The zero-order valence-corrected chi connectivity index (χ0v) is 17.5. The first-order chi connectivity index (χ1) is 13.5. The number of thioether (sulfide) groups is 1. The fourth-order valence-corrected chi connectivity index (χ4v) is 3.76. The predicted molar refractivity (Wildman–Crippen MR) is 112 cm³/mol. The third-order valence-electron chi connectivity index (χ3n) is 4.37. The molecule has 2 aromatic heterocycles. The van der Waals surface area contributed by atoms with Crippen molar-refractivity contribution in [3.05, 3.63) is 47.9 Å². The maximum atomic E-state index is 12.5. The van der Waals surface area contributed by atoms with E-state index in [1.807, 2.05) is 37.3 Å². The van der Waals surface area contributed by atoms with Crippen LogP contribution in [0.2, 0.25) is 0 Å². The van der Waals surface area contributed by atoms with E-state index in [0.717, 1.165) is 46.5 Å². The summed E-state index contributed by atoms with van der Waals surface area (Å²) in [7, 11) is 0. The predicted octanol–water partition coefficient (Wildman–Crippen LogP) is 4.80. The highest BCUT2D eigenvalue weighted by Gasteiger charge is 2.19. The monoisotopic (exact) mass is 398 g/mol. The van der Waals surface area contributed by atoms with E-state index < -0.39 is 0 Å². The molecule has 0 spiro atoms. The molecule has 0 aliphatic rings. The summed E-state index contributed by atoms with van der Waals surface area (Å²) in [6.45, 7) is 9.06. The maximum Gasteiger partial charge on any atom is 0.234 e. The molecule has 0 saturated carbocycles. The van der Waals surface area contributed by atoms with E-state index in [0.29, 0.717) is 5.92 Å². The van der Waals surface area contributed by atoms with Crippen LogP contribution in [-0.4, -0.2) is 26.4 Å². The number of benzene rings is 1. The molecule has 2 heterocycles. The Morgan fingerprint density at radius 2 is 2.04 bits per heavy atom. The largest absolute Gasteiger partial charge is 0.469 e. The molecule has 3 aromatic rings. The molecule has 148 valence electrons. The molecule has 1 N–H and O–H groups in total. The number of carbonyl (C=O) groups excluding carboxylic acids is 1. The van der Waals surface area contributed by atoms with Crippen molar-refractivity contribution in [1.29, 1.82) is 0 Å². The number of anilines is 1. The summed E-state index contributed by atoms with van der Waals surface area (Å²) < 4.78 is 7.49. The van der Waals surface area contributed by atoms with Crippen LogP contribution in [0.1, 0.15) is 32.1 Å². The number of amides is 1. The number of aromatic nitrogens is 3. The standard InChI is InChI=1S/C21H26N4O2S/c1-5-16-8-6-7-9-18(16)22-19(26)13-28-21-24-23-20(25(21)12-14(2)3)17-10-11-27-15(17)4/h6-11,14H,5,12-13H2,1-4H3,(H,22,26). The molecule has 1 amide bonds. The lowest BCUT2D eigenvalue weighted by Gasteiger charge is -2.12. The minimum absolute atomic E-state index is 0.0500. The van der Waals surface area contributed by atoms with Crippen molar-refractivity contribution in [3.63, 3.8) is 0 Å². The van der Waals surface area contributed by atoms with E-state index in [1.165, 1.54) is 11.8 Å². The van der Waals surface area contributed by atoms with Crippen LogP contribution < -0.4 is 5.32 Å². The summed E-state index contributed by atoms with van der Waals surface area (Å²) in [5, 5.41) is 12.4. The molecule has 0 aliphatic heterocycles.